The lowest BCUT2D eigenvalue weighted by Crippen LogP contribution is -2.53. The first kappa shape index (κ1) is 38.3. The third kappa shape index (κ3) is 10.8. The molecule has 8 atom stereocenters. The Morgan fingerprint density at radius 2 is 1.70 bits per heavy atom. The summed E-state index contributed by atoms with van der Waals surface area (Å²) in [6, 6.07) is 0.590. The van der Waals surface area contributed by atoms with Gasteiger partial charge in [0.1, 0.15) is 11.7 Å². The molecule has 3 heterocycles. The van der Waals surface area contributed by atoms with Crippen LogP contribution in [0.15, 0.2) is 36.0 Å². The van der Waals surface area contributed by atoms with Gasteiger partial charge in [0.25, 0.3) is 0 Å². The van der Waals surface area contributed by atoms with Crippen LogP contribution >= 0.6 is 0 Å². The second-order valence-electron chi connectivity index (χ2n) is 15.9. The van der Waals surface area contributed by atoms with Crippen molar-refractivity contribution in [3.8, 4) is 0 Å². The van der Waals surface area contributed by atoms with Gasteiger partial charge in [-0.2, -0.15) is 0 Å². The number of carbonyl (C=O) groups is 3. The number of likely N-dealkylation sites (tertiary alicyclic amines) is 1. The molecule has 50 heavy (non-hydrogen) atoms. The van der Waals surface area contributed by atoms with E-state index in [1.54, 1.807) is 22.8 Å². The lowest BCUT2D eigenvalue weighted by atomic mass is 9.89. The van der Waals surface area contributed by atoms with E-state index < -0.39 is 36.0 Å². The molecule has 11 heteroatoms. The van der Waals surface area contributed by atoms with E-state index in [0.717, 1.165) is 31.8 Å². The second-order valence-corrected chi connectivity index (χ2v) is 15.9. The molecule has 2 saturated heterocycles. The van der Waals surface area contributed by atoms with E-state index in [2.05, 4.69) is 4.90 Å². The fraction of sp³-hybridized carbons (Fsp3) is 0.769. The molecule has 2 N–H and O–H groups in total. The molecule has 4 fully saturated rings. The van der Waals surface area contributed by atoms with Crippen molar-refractivity contribution >= 4 is 18.2 Å². The highest BCUT2D eigenvalue weighted by atomic mass is 16.6. The SMILES string of the molecule is C/C(=C\C=C\[C@@H](C)COC(=O)N1CC2CC2C1)[C@H]1OC(=O)C[C@@H](O)CC[C@](C)(O)[C@@H](OC(=O)N2CCN(C3CCCCCC3)CC2)/C=C/[C@@H]1C. The van der Waals surface area contributed by atoms with E-state index in [-0.39, 0.29) is 43.8 Å². The Kier molecular flexibility index (Phi) is 13.5. The smallest absolute Gasteiger partial charge is 0.410 e. The third-order valence-corrected chi connectivity index (χ3v) is 11.4. The minimum Gasteiger partial charge on any atom is -0.457 e. The fourth-order valence-electron chi connectivity index (χ4n) is 7.92. The van der Waals surface area contributed by atoms with Gasteiger partial charge in [-0.05, 0) is 69.4 Å². The number of rotatable bonds is 7. The summed E-state index contributed by atoms with van der Waals surface area (Å²) in [6.45, 7) is 12.0. The zero-order valence-electron chi connectivity index (χ0n) is 30.7. The Bertz CT molecular complexity index is 1240. The molecule has 0 radical (unpaired) electrons. The molecule has 0 spiro atoms. The van der Waals surface area contributed by atoms with Gasteiger partial charge < -0.3 is 34.2 Å². The number of cyclic esters (lactones) is 1. The highest BCUT2D eigenvalue weighted by molar-refractivity contribution is 5.70. The summed E-state index contributed by atoms with van der Waals surface area (Å²) in [5, 5.41) is 22.2. The number of aliphatic hydroxyl groups is 2. The van der Waals surface area contributed by atoms with Crippen LogP contribution in [0, 0.1) is 23.7 Å². The van der Waals surface area contributed by atoms with Gasteiger partial charge >= 0.3 is 18.2 Å². The number of allylic oxidation sites excluding steroid dienone is 2. The zero-order chi connectivity index (χ0) is 35.8. The maximum absolute atomic E-state index is 13.4. The van der Waals surface area contributed by atoms with E-state index >= 15 is 0 Å². The molecule has 0 aromatic heterocycles. The van der Waals surface area contributed by atoms with Crippen LogP contribution < -0.4 is 0 Å². The van der Waals surface area contributed by atoms with Crippen LogP contribution in [0.5, 0.6) is 0 Å². The van der Waals surface area contributed by atoms with E-state index in [1.165, 1.54) is 44.9 Å². The van der Waals surface area contributed by atoms with Crippen molar-refractivity contribution in [2.45, 2.75) is 122 Å². The van der Waals surface area contributed by atoms with Crippen molar-refractivity contribution in [2.24, 2.45) is 23.7 Å². The van der Waals surface area contributed by atoms with Gasteiger partial charge in [-0.15, -0.1) is 0 Å². The number of piperidine rings is 1. The monoisotopic (exact) mass is 699 g/mol. The molecule has 280 valence electrons. The number of nitrogens with zero attached hydrogens (tertiary/aromatic N) is 3. The summed E-state index contributed by atoms with van der Waals surface area (Å²) >= 11 is 0. The van der Waals surface area contributed by atoms with Crippen LogP contribution in [-0.2, 0) is 19.0 Å². The van der Waals surface area contributed by atoms with Gasteiger partial charge in [0.05, 0.1) is 19.1 Å². The molecule has 0 bridgehead atoms. The van der Waals surface area contributed by atoms with Crippen molar-refractivity contribution in [1.82, 2.24) is 14.7 Å². The average molecular weight is 700 g/mol. The quantitative estimate of drug-likeness (QED) is 0.117. The van der Waals surface area contributed by atoms with E-state index in [1.807, 2.05) is 45.1 Å². The molecule has 3 aliphatic heterocycles. The molecule has 11 nitrogen and oxygen atoms in total. The standard InChI is InChI=1S/C39H61N3O8/c1-27(26-48-37(45)42-24-30-22-31(30)25-42)10-9-11-28(2)36-29(3)14-15-34(39(4,47)17-16-33(43)23-35(44)50-36)49-38(46)41-20-18-40(19-21-41)32-12-7-5-6-8-13-32/h9-11,14-15,27,29-34,36,43,47H,5-8,12-13,16-26H2,1-4H3/b10-9+,15-14+,28-11+/t27-,29+,30?,31?,33+,34+,36-,39+/m1/s1. The Hall–Kier alpha value is -2.89. The Labute approximate surface area is 298 Å². The van der Waals surface area contributed by atoms with Crippen LogP contribution in [0.25, 0.3) is 0 Å². The van der Waals surface area contributed by atoms with Gasteiger partial charge in [-0.25, -0.2) is 9.59 Å². The van der Waals surface area contributed by atoms with Crippen molar-refractivity contribution < 1.29 is 38.8 Å². The number of amides is 2. The summed E-state index contributed by atoms with van der Waals surface area (Å²) in [6.07, 6.45) is 14.8. The first-order valence-corrected chi connectivity index (χ1v) is 19.1. The summed E-state index contributed by atoms with van der Waals surface area (Å²) in [5.74, 6) is 0.461. The molecule has 2 aliphatic carbocycles. The molecule has 0 aromatic carbocycles. The second kappa shape index (κ2) is 17.6. The predicted molar refractivity (Wildman–Crippen MR) is 190 cm³/mol. The number of hydrogen-bond acceptors (Lipinski definition) is 9. The molecular weight excluding hydrogens is 638 g/mol. The van der Waals surface area contributed by atoms with Crippen molar-refractivity contribution in [3.63, 3.8) is 0 Å². The maximum atomic E-state index is 13.4. The number of fused-ring (bicyclic) bond motifs is 1. The van der Waals surface area contributed by atoms with Gasteiger partial charge in [-0.1, -0.05) is 63.8 Å². The molecular formula is C39H61N3O8. The van der Waals surface area contributed by atoms with Crippen LogP contribution in [0.4, 0.5) is 9.59 Å². The first-order chi connectivity index (χ1) is 23.9. The van der Waals surface area contributed by atoms with Crippen molar-refractivity contribution in [1.29, 1.82) is 0 Å². The largest absolute Gasteiger partial charge is 0.457 e. The number of piperazine rings is 1. The fourth-order valence-corrected chi connectivity index (χ4v) is 7.92. The van der Waals surface area contributed by atoms with Crippen LogP contribution in [0.1, 0.15) is 91.9 Å². The first-order valence-electron chi connectivity index (χ1n) is 19.1. The number of aliphatic hydroxyl groups excluding tert-OH is 1. The minimum absolute atomic E-state index is 0.0103. The van der Waals surface area contributed by atoms with E-state index in [4.69, 9.17) is 14.2 Å². The van der Waals surface area contributed by atoms with Crippen molar-refractivity contribution in [2.75, 3.05) is 45.9 Å². The lowest BCUT2D eigenvalue weighted by molar-refractivity contribution is -0.151. The maximum Gasteiger partial charge on any atom is 0.410 e. The molecule has 2 unspecified atom stereocenters. The highest BCUT2D eigenvalue weighted by Gasteiger charge is 2.47. The number of hydrogen-bond donors (Lipinski definition) is 2. The van der Waals surface area contributed by atoms with Crippen molar-refractivity contribution in [3.05, 3.63) is 36.0 Å². The van der Waals surface area contributed by atoms with Crippen LogP contribution in [0.3, 0.4) is 0 Å². The van der Waals surface area contributed by atoms with Gasteiger partial charge in [0, 0.05) is 57.1 Å². The summed E-state index contributed by atoms with van der Waals surface area (Å²) < 4.78 is 17.4. The molecule has 2 amide bonds. The zero-order valence-corrected chi connectivity index (χ0v) is 30.7. The van der Waals surface area contributed by atoms with Gasteiger partial charge in [-0.3, -0.25) is 9.69 Å². The normalized spacial score (nSPS) is 34.9. The number of carbonyl (C=O) groups excluding carboxylic acids is 3. The topological polar surface area (TPSA) is 129 Å². The Morgan fingerprint density at radius 3 is 2.38 bits per heavy atom. The van der Waals surface area contributed by atoms with E-state index in [0.29, 0.717) is 31.0 Å². The van der Waals surface area contributed by atoms with Gasteiger partial charge in [0.2, 0.25) is 0 Å². The Morgan fingerprint density at radius 1 is 1.02 bits per heavy atom. The lowest BCUT2D eigenvalue weighted by Gasteiger charge is -2.40. The number of ether oxygens (including phenoxy) is 3. The summed E-state index contributed by atoms with van der Waals surface area (Å²) in [5.41, 5.74) is -0.679. The summed E-state index contributed by atoms with van der Waals surface area (Å²) in [7, 11) is 0. The number of esters is 1. The van der Waals surface area contributed by atoms with Crippen LogP contribution in [-0.4, -0.2) is 119 Å². The average Bonchev–Trinajstić information content (AvgIpc) is 3.79. The Balaban J connectivity index is 1.19. The molecule has 5 aliphatic rings. The predicted octanol–water partition coefficient (Wildman–Crippen LogP) is 5.46. The molecule has 2 saturated carbocycles. The van der Waals surface area contributed by atoms with Gasteiger partial charge in [0.15, 0.2) is 6.10 Å². The third-order valence-electron chi connectivity index (χ3n) is 11.4. The summed E-state index contributed by atoms with van der Waals surface area (Å²) in [4.78, 5) is 44.7. The molecule has 0 aromatic rings. The minimum atomic E-state index is -1.46. The highest BCUT2D eigenvalue weighted by Crippen LogP contribution is 2.45. The van der Waals surface area contributed by atoms with E-state index in [9.17, 15) is 24.6 Å². The van der Waals surface area contributed by atoms with Crippen LogP contribution in [0.2, 0.25) is 0 Å². The molecule has 5 rings (SSSR count).